The molecule has 2 aromatic rings. The zero-order valence-electron chi connectivity index (χ0n) is 13.7. The van der Waals surface area contributed by atoms with E-state index in [-0.39, 0.29) is 29.9 Å². The molecule has 8 nitrogen and oxygen atoms in total. The SMILES string of the molecule is O=C(C[C@@H]1N=C(N/N=C\c2ccccc2O)NC1=O)Nc1ccccc1. The number of amides is 2. The van der Waals surface area contributed by atoms with Crippen LogP contribution < -0.4 is 16.1 Å². The highest BCUT2D eigenvalue weighted by atomic mass is 16.3. The van der Waals surface area contributed by atoms with Crippen molar-refractivity contribution in [3.8, 4) is 5.75 Å². The van der Waals surface area contributed by atoms with Crippen molar-refractivity contribution in [2.24, 2.45) is 10.1 Å². The molecule has 3 rings (SSSR count). The summed E-state index contributed by atoms with van der Waals surface area (Å²) >= 11 is 0. The second-order valence-corrected chi connectivity index (χ2v) is 5.53. The number of hydrazone groups is 1. The Hall–Kier alpha value is -3.68. The second-order valence-electron chi connectivity index (χ2n) is 5.53. The molecule has 0 aromatic heterocycles. The number of hydrogen-bond acceptors (Lipinski definition) is 6. The van der Waals surface area contributed by atoms with E-state index in [9.17, 15) is 14.7 Å². The summed E-state index contributed by atoms with van der Waals surface area (Å²) in [5.41, 5.74) is 3.76. The van der Waals surface area contributed by atoms with Crippen LogP contribution in [0.15, 0.2) is 64.7 Å². The van der Waals surface area contributed by atoms with Crippen molar-refractivity contribution in [3.63, 3.8) is 0 Å². The molecular weight excluding hydrogens is 334 g/mol. The van der Waals surface area contributed by atoms with Gasteiger partial charge in [0.05, 0.1) is 12.6 Å². The van der Waals surface area contributed by atoms with E-state index in [1.807, 2.05) is 6.07 Å². The number of nitrogens with one attached hydrogen (secondary N) is 3. The Morgan fingerprint density at radius 2 is 1.92 bits per heavy atom. The maximum Gasteiger partial charge on any atom is 0.252 e. The predicted octanol–water partition coefficient (Wildman–Crippen LogP) is 1.20. The van der Waals surface area contributed by atoms with Crippen LogP contribution in [0.3, 0.4) is 0 Å². The van der Waals surface area contributed by atoms with E-state index >= 15 is 0 Å². The van der Waals surface area contributed by atoms with E-state index < -0.39 is 6.04 Å². The number of nitrogens with zero attached hydrogens (tertiary/aromatic N) is 2. The first-order valence-electron chi connectivity index (χ1n) is 7.92. The van der Waals surface area contributed by atoms with Crippen molar-refractivity contribution in [1.82, 2.24) is 10.7 Å². The fourth-order valence-electron chi connectivity index (χ4n) is 2.31. The molecule has 132 valence electrons. The molecular formula is C18H17N5O3. The molecule has 0 saturated carbocycles. The lowest BCUT2D eigenvalue weighted by Gasteiger charge is -2.06. The number of phenols is 1. The Labute approximate surface area is 149 Å². The number of phenolic OH excluding ortho intramolecular Hbond substituents is 1. The number of benzene rings is 2. The van der Waals surface area contributed by atoms with Crippen LogP contribution in [0, 0.1) is 0 Å². The van der Waals surface area contributed by atoms with Crippen LogP contribution >= 0.6 is 0 Å². The molecule has 1 aliphatic rings. The van der Waals surface area contributed by atoms with Crippen LogP contribution in [0.25, 0.3) is 0 Å². The van der Waals surface area contributed by atoms with Crippen LogP contribution in [0.2, 0.25) is 0 Å². The molecule has 2 amide bonds. The van der Waals surface area contributed by atoms with Crippen molar-refractivity contribution in [3.05, 3.63) is 60.2 Å². The Morgan fingerprint density at radius 1 is 1.19 bits per heavy atom. The second kappa shape index (κ2) is 7.93. The zero-order valence-corrected chi connectivity index (χ0v) is 13.7. The standard InChI is InChI=1S/C18H17N5O3/c24-15-9-5-4-6-12(15)11-19-23-18-21-14(17(26)22-18)10-16(25)20-13-7-2-1-3-8-13/h1-9,11,14,24H,10H2,(H,20,25)(H2,21,22,23,26)/b19-11-/t14-/m0/s1. The highest BCUT2D eigenvalue weighted by molar-refractivity contribution is 6.07. The van der Waals surface area contributed by atoms with Gasteiger partial charge in [0.2, 0.25) is 11.9 Å². The summed E-state index contributed by atoms with van der Waals surface area (Å²) < 4.78 is 0. The lowest BCUT2D eigenvalue weighted by atomic mass is 10.2. The first kappa shape index (κ1) is 17.2. The van der Waals surface area contributed by atoms with Gasteiger partial charge in [-0.15, -0.1) is 0 Å². The number of aromatic hydroxyl groups is 1. The third kappa shape index (κ3) is 4.44. The zero-order chi connectivity index (χ0) is 18.4. The minimum atomic E-state index is -0.818. The van der Waals surface area contributed by atoms with Gasteiger partial charge in [0.15, 0.2) is 0 Å². The van der Waals surface area contributed by atoms with Gasteiger partial charge in [-0.25, -0.2) is 10.4 Å². The Bertz CT molecular complexity index is 864. The molecule has 1 heterocycles. The van der Waals surface area contributed by atoms with Crippen molar-refractivity contribution in [2.45, 2.75) is 12.5 Å². The molecule has 0 radical (unpaired) electrons. The highest BCUT2D eigenvalue weighted by Gasteiger charge is 2.28. The van der Waals surface area contributed by atoms with Gasteiger partial charge < -0.3 is 10.4 Å². The van der Waals surface area contributed by atoms with Crippen LogP contribution in [-0.2, 0) is 9.59 Å². The molecule has 0 spiro atoms. The fraction of sp³-hybridized carbons (Fsp3) is 0.111. The average Bonchev–Trinajstić information content (AvgIpc) is 2.97. The van der Waals surface area contributed by atoms with Gasteiger partial charge in [-0.3, -0.25) is 14.9 Å². The van der Waals surface area contributed by atoms with E-state index in [0.29, 0.717) is 11.3 Å². The third-order valence-corrected chi connectivity index (χ3v) is 3.58. The van der Waals surface area contributed by atoms with Gasteiger partial charge in [0.1, 0.15) is 11.8 Å². The normalized spacial score (nSPS) is 16.2. The van der Waals surface area contributed by atoms with Gasteiger partial charge >= 0.3 is 0 Å². The molecule has 0 saturated heterocycles. The highest BCUT2D eigenvalue weighted by Crippen LogP contribution is 2.12. The largest absolute Gasteiger partial charge is 0.507 e. The van der Waals surface area contributed by atoms with Crippen molar-refractivity contribution in [1.29, 1.82) is 0 Å². The summed E-state index contributed by atoms with van der Waals surface area (Å²) in [5.74, 6) is -0.447. The summed E-state index contributed by atoms with van der Waals surface area (Å²) in [6, 6.07) is 14.8. The van der Waals surface area contributed by atoms with Crippen molar-refractivity contribution in [2.75, 3.05) is 5.32 Å². The summed E-state index contributed by atoms with van der Waals surface area (Å²) in [6.07, 6.45) is 1.33. The van der Waals surface area contributed by atoms with Crippen LogP contribution in [0.5, 0.6) is 5.75 Å². The minimum Gasteiger partial charge on any atom is -0.507 e. The summed E-state index contributed by atoms with van der Waals surface area (Å²) in [6.45, 7) is 0. The molecule has 26 heavy (non-hydrogen) atoms. The molecule has 2 aromatic carbocycles. The summed E-state index contributed by atoms with van der Waals surface area (Å²) in [7, 11) is 0. The molecule has 0 fully saturated rings. The topological polar surface area (TPSA) is 115 Å². The molecule has 8 heteroatoms. The number of rotatable bonds is 5. The van der Waals surface area contributed by atoms with E-state index in [0.717, 1.165) is 0 Å². The van der Waals surface area contributed by atoms with Gasteiger partial charge in [0, 0.05) is 11.3 Å². The Morgan fingerprint density at radius 3 is 2.69 bits per heavy atom. The maximum atomic E-state index is 12.0. The number of carbonyl (C=O) groups is 2. The minimum absolute atomic E-state index is 0.0743. The van der Waals surface area contributed by atoms with Crippen molar-refractivity contribution >= 4 is 29.7 Å². The third-order valence-electron chi connectivity index (χ3n) is 3.58. The lowest BCUT2D eigenvalue weighted by Crippen LogP contribution is -2.35. The Balaban J connectivity index is 1.55. The predicted molar refractivity (Wildman–Crippen MR) is 97.9 cm³/mol. The van der Waals surface area contributed by atoms with Gasteiger partial charge in [-0.2, -0.15) is 5.10 Å². The van der Waals surface area contributed by atoms with E-state index in [2.05, 4.69) is 26.2 Å². The molecule has 0 unspecified atom stereocenters. The molecule has 4 N–H and O–H groups in total. The number of para-hydroxylation sites is 2. The molecule has 1 atom stereocenters. The van der Waals surface area contributed by atoms with E-state index in [1.165, 1.54) is 12.3 Å². The molecule has 0 bridgehead atoms. The summed E-state index contributed by atoms with van der Waals surface area (Å²) in [5, 5.41) is 18.8. The van der Waals surface area contributed by atoms with Gasteiger partial charge in [-0.05, 0) is 24.3 Å². The number of hydrogen-bond donors (Lipinski definition) is 4. The monoisotopic (exact) mass is 351 g/mol. The molecule has 0 aliphatic carbocycles. The average molecular weight is 351 g/mol. The number of aliphatic imine (C=N–C) groups is 1. The first-order valence-corrected chi connectivity index (χ1v) is 7.92. The van der Waals surface area contributed by atoms with Crippen LogP contribution in [-0.4, -0.2) is 35.1 Å². The van der Waals surface area contributed by atoms with Gasteiger partial charge in [-0.1, -0.05) is 30.3 Å². The van der Waals surface area contributed by atoms with Crippen LogP contribution in [0.1, 0.15) is 12.0 Å². The van der Waals surface area contributed by atoms with Crippen molar-refractivity contribution < 1.29 is 14.7 Å². The van der Waals surface area contributed by atoms with E-state index in [1.54, 1.807) is 42.5 Å². The molecule has 1 aliphatic heterocycles. The van der Waals surface area contributed by atoms with Crippen LogP contribution in [0.4, 0.5) is 5.69 Å². The summed E-state index contributed by atoms with van der Waals surface area (Å²) in [4.78, 5) is 28.1. The number of anilines is 1. The first-order chi connectivity index (χ1) is 12.6. The maximum absolute atomic E-state index is 12.0. The van der Waals surface area contributed by atoms with Gasteiger partial charge in [0.25, 0.3) is 5.91 Å². The number of carbonyl (C=O) groups excluding carboxylic acids is 2. The quantitative estimate of drug-likeness (QED) is 0.478. The smallest absolute Gasteiger partial charge is 0.252 e. The van der Waals surface area contributed by atoms with E-state index in [4.69, 9.17) is 0 Å². The number of guanidine groups is 1. The lowest BCUT2D eigenvalue weighted by molar-refractivity contribution is -0.123. The Kier molecular flexibility index (Phi) is 5.23. The fourth-order valence-corrected chi connectivity index (χ4v) is 2.31.